The van der Waals surface area contributed by atoms with Crippen molar-refractivity contribution in [1.29, 1.82) is 0 Å². The highest BCUT2D eigenvalue weighted by atomic mass is 19.4. The maximum atomic E-state index is 13.0. The monoisotopic (exact) mass is 548 g/mol. The Kier molecular flexibility index (Phi) is 6.86. The Bertz CT molecular complexity index is 1480. The van der Waals surface area contributed by atoms with Crippen molar-refractivity contribution >= 4 is 34.1 Å². The molecule has 1 aromatic heterocycles. The molecule has 40 heavy (non-hydrogen) atoms. The molecular formula is C31H31F3N4O2. The summed E-state index contributed by atoms with van der Waals surface area (Å²) in [6.07, 6.45) is 5.52. The van der Waals surface area contributed by atoms with Crippen molar-refractivity contribution in [2.45, 2.75) is 51.2 Å². The van der Waals surface area contributed by atoms with E-state index in [4.69, 9.17) is 0 Å². The maximum Gasteiger partial charge on any atom is 0.416 e. The summed E-state index contributed by atoms with van der Waals surface area (Å²) in [5.74, 6) is -0.272. The Morgan fingerprint density at radius 2 is 1.75 bits per heavy atom. The van der Waals surface area contributed by atoms with Gasteiger partial charge in [-0.15, -0.1) is 0 Å². The van der Waals surface area contributed by atoms with Crippen molar-refractivity contribution in [3.05, 3.63) is 77.5 Å². The molecule has 1 spiro atoms. The van der Waals surface area contributed by atoms with Crippen LogP contribution in [0.5, 0.6) is 0 Å². The number of benzene rings is 2. The number of urea groups is 1. The van der Waals surface area contributed by atoms with Crippen LogP contribution < -0.4 is 10.2 Å². The minimum absolute atomic E-state index is 0.0196. The Morgan fingerprint density at radius 3 is 2.48 bits per heavy atom. The zero-order valence-electron chi connectivity index (χ0n) is 22.1. The fraction of sp³-hybridized carbons (Fsp3) is 0.387. The average molecular weight is 549 g/mol. The first-order chi connectivity index (χ1) is 19.2. The van der Waals surface area contributed by atoms with Gasteiger partial charge in [-0.2, -0.15) is 13.2 Å². The second-order valence-corrected chi connectivity index (χ2v) is 11.2. The van der Waals surface area contributed by atoms with E-state index in [1.807, 2.05) is 12.1 Å². The van der Waals surface area contributed by atoms with Crippen molar-refractivity contribution in [1.82, 2.24) is 15.2 Å². The number of pyridine rings is 1. The molecule has 0 bridgehead atoms. The molecule has 3 heterocycles. The number of alkyl halides is 3. The number of nitrogens with one attached hydrogen (secondary N) is 1. The number of aromatic nitrogens is 1. The molecule has 3 aliphatic rings. The van der Waals surface area contributed by atoms with Gasteiger partial charge in [0.15, 0.2) is 0 Å². The highest BCUT2D eigenvalue weighted by Crippen LogP contribution is 2.49. The van der Waals surface area contributed by atoms with E-state index in [9.17, 15) is 22.8 Å². The lowest BCUT2D eigenvalue weighted by molar-refractivity contribution is -0.137. The standard InChI is InChI=1S/C31H31F3N4O2/c32-31(33,34)24-7-4-21(5-8-24)19-37-14-10-26(30(20-37)12-2-1-3-13-30)22-6-9-27-23(16-22)17-25(18-35-27)38-15-11-28(39)36-29(38)40/h4-10,16-18H,1-3,11-15,19-20H2,(H,36,39,40). The topological polar surface area (TPSA) is 65.5 Å². The van der Waals surface area contributed by atoms with Gasteiger partial charge < -0.3 is 0 Å². The Balaban J connectivity index is 1.28. The summed E-state index contributed by atoms with van der Waals surface area (Å²) in [6.45, 7) is 2.50. The van der Waals surface area contributed by atoms with E-state index >= 15 is 0 Å². The third kappa shape index (κ3) is 5.22. The van der Waals surface area contributed by atoms with Crippen molar-refractivity contribution in [2.24, 2.45) is 5.41 Å². The molecule has 1 N–H and O–H groups in total. The second-order valence-electron chi connectivity index (χ2n) is 11.2. The third-order valence-electron chi connectivity index (χ3n) is 8.49. The highest BCUT2D eigenvalue weighted by molar-refractivity contribution is 6.06. The lowest BCUT2D eigenvalue weighted by Crippen LogP contribution is -2.49. The number of fused-ring (bicyclic) bond motifs is 1. The first-order valence-electron chi connectivity index (χ1n) is 13.8. The maximum absolute atomic E-state index is 13.0. The minimum Gasteiger partial charge on any atom is -0.295 e. The van der Waals surface area contributed by atoms with E-state index in [2.05, 4.69) is 33.4 Å². The fourth-order valence-electron chi connectivity index (χ4n) is 6.52. The molecule has 2 aliphatic heterocycles. The average Bonchev–Trinajstić information content (AvgIpc) is 2.93. The van der Waals surface area contributed by atoms with Crippen molar-refractivity contribution in [3.8, 4) is 0 Å². The molecule has 3 amide bonds. The summed E-state index contributed by atoms with van der Waals surface area (Å²) in [6, 6.07) is 13.3. The number of imide groups is 1. The zero-order valence-corrected chi connectivity index (χ0v) is 22.1. The number of amides is 3. The molecule has 6 nitrogen and oxygen atoms in total. The number of rotatable bonds is 4. The molecule has 2 fully saturated rings. The number of nitrogens with zero attached hydrogens (tertiary/aromatic N) is 3. The van der Waals surface area contributed by atoms with Crippen LogP contribution >= 0.6 is 0 Å². The molecule has 3 aromatic rings. The van der Waals surface area contributed by atoms with Gasteiger partial charge in [-0.3, -0.25) is 24.9 Å². The van der Waals surface area contributed by atoms with Gasteiger partial charge in [0.25, 0.3) is 0 Å². The van der Waals surface area contributed by atoms with E-state index in [0.717, 1.165) is 60.8 Å². The smallest absolute Gasteiger partial charge is 0.295 e. The van der Waals surface area contributed by atoms with Gasteiger partial charge in [0.1, 0.15) is 0 Å². The Hall–Kier alpha value is -3.72. The Labute approximate surface area is 230 Å². The van der Waals surface area contributed by atoms with Gasteiger partial charge in [0.05, 0.1) is 23.0 Å². The number of anilines is 1. The van der Waals surface area contributed by atoms with Crippen LogP contribution in [0.25, 0.3) is 16.5 Å². The molecule has 1 saturated heterocycles. The summed E-state index contributed by atoms with van der Waals surface area (Å²) in [4.78, 5) is 32.4. The molecule has 2 aromatic carbocycles. The van der Waals surface area contributed by atoms with Crippen LogP contribution in [0, 0.1) is 5.41 Å². The summed E-state index contributed by atoms with van der Waals surface area (Å²) >= 11 is 0. The Morgan fingerprint density at radius 1 is 0.975 bits per heavy atom. The van der Waals surface area contributed by atoms with Gasteiger partial charge >= 0.3 is 12.2 Å². The first kappa shape index (κ1) is 26.5. The van der Waals surface area contributed by atoms with Gasteiger partial charge in [-0.1, -0.05) is 43.5 Å². The number of carbonyl (C=O) groups excluding carboxylic acids is 2. The second kappa shape index (κ2) is 10.4. The fourth-order valence-corrected chi connectivity index (χ4v) is 6.52. The first-order valence-corrected chi connectivity index (χ1v) is 13.8. The summed E-state index contributed by atoms with van der Waals surface area (Å²) in [5, 5.41) is 3.29. The SMILES string of the molecule is O=C1CCN(c2cnc3ccc(C4=CCN(Cc5ccc(C(F)(F)F)cc5)CC45CCCCC5)cc3c2)C(=O)N1. The summed E-state index contributed by atoms with van der Waals surface area (Å²) in [7, 11) is 0. The zero-order chi connectivity index (χ0) is 27.9. The van der Waals surface area contributed by atoms with E-state index in [1.165, 1.54) is 24.1 Å². The van der Waals surface area contributed by atoms with Crippen molar-refractivity contribution < 1.29 is 22.8 Å². The normalized spacial score (nSPS) is 20.1. The lowest BCUT2D eigenvalue weighted by Gasteiger charge is -2.46. The number of hydrogen-bond acceptors (Lipinski definition) is 4. The predicted octanol–water partition coefficient (Wildman–Crippen LogP) is 6.55. The highest BCUT2D eigenvalue weighted by Gasteiger charge is 2.40. The molecule has 6 rings (SSSR count). The van der Waals surface area contributed by atoms with Crippen LogP contribution in [0.3, 0.4) is 0 Å². The number of halogens is 3. The van der Waals surface area contributed by atoms with E-state index in [0.29, 0.717) is 18.8 Å². The molecule has 1 saturated carbocycles. The van der Waals surface area contributed by atoms with Crippen molar-refractivity contribution in [2.75, 3.05) is 24.5 Å². The van der Waals surface area contributed by atoms with Gasteiger partial charge in [-0.25, -0.2) is 4.79 Å². The minimum atomic E-state index is -4.33. The number of carbonyl (C=O) groups is 2. The van der Waals surface area contributed by atoms with Gasteiger partial charge in [0.2, 0.25) is 5.91 Å². The largest absolute Gasteiger partial charge is 0.416 e. The molecule has 0 radical (unpaired) electrons. The summed E-state index contributed by atoms with van der Waals surface area (Å²) in [5.41, 5.74) is 4.19. The van der Waals surface area contributed by atoms with Crippen LogP contribution in [0.1, 0.15) is 55.2 Å². The van der Waals surface area contributed by atoms with Crippen LogP contribution in [0.4, 0.5) is 23.7 Å². The molecule has 0 atom stereocenters. The molecule has 9 heteroatoms. The predicted molar refractivity (Wildman–Crippen MR) is 147 cm³/mol. The van der Waals surface area contributed by atoms with Crippen molar-refractivity contribution in [3.63, 3.8) is 0 Å². The van der Waals surface area contributed by atoms with Crippen LogP contribution in [-0.4, -0.2) is 41.5 Å². The van der Waals surface area contributed by atoms with E-state index < -0.39 is 17.8 Å². The van der Waals surface area contributed by atoms with Crippen LogP contribution in [-0.2, 0) is 17.5 Å². The third-order valence-corrected chi connectivity index (χ3v) is 8.49. The quantitative estimate of drug-likeness (QED) is 0.402. The molecule has 0 unspecified atom stereocenters. The van der Waals surface area contributed by atoms with E-state index in [1.54, 1.807) is 23.2 Å². The van der Waals surface area contributed by atoms with E-state index in [-0.39, 0.29) is 17.7 Å². The van der Waals surface area contributed by atoms with Crippen LogP contribution in [0.15, 0.2) is 60.8 Å². The van der Waals surface area contributed by atoms with Gasteiger partial charge in [-0.05, 0) is 59.9 Å². The number of hydrogen-bond donors (Lipinski definition) is 1. The van der Waals surface area contributed by atoms with Gasteiger partial charge in [0, 0.05) is 43.4 Å². The molecule has 208 valence electrons. The van der Waals surface area contributed by atoms with Crippen LogP contribution in [0.2, 0.25) is 0 Å². The molecule has 1 aliphatic carbocycles. The summed E-state index contributed by atoms with van der Waals surface area (Å²) < 4.78 is 39.0. The molecular weight excluding hydrogens is 517 g/mol. The lowest BCUT2D eigenvalue weighted by atomic mass is 9.65.